The molecule has 1 N–H and O–H groups in total. The lowest BCUT2D eigenvalue weighted by molar-refractivity contribution is -0.137. The van der Waals surface area contributed by atoms with E-state index < -0.39 is 17.4 Å². The maximum atomic E-state index is 14.8. The van der Waals surface area contributed by atoms with E-state index in [0.29, 0.717) is 42.9 Å². The molecule has 2 heterocycles. The number of anilines is 2. The Morgan fingerprint density at radius 1 is 1.00 bits per heavy atom. The first-order chi connectivity index (χ1) is 19.4. The van der Waals surface area contributed by atoms with Gasteiger partial charge in [0, 0.05) is 48.7 Å². The first-order valence-electron chi connectivity index (χ1n) is 13.0. The fraction of sp³-hybridized carbons (Fsp3) is 0.300. The van der Waals surface area contributed by atoms with Crippen molar-refractivity contribution in [2.45, 2.75) is 25.7 Å². The first-order valence-corrected chi connectivity index (χ1v) is 13.0. The molecule has 0 unspecified atom stereocenters. The standard InChI is InChI=1S/C30H27F4N5O2/c1-29(2,31)24-15-19(17-35)16-25-27(24)41-28(37-25)20-3-7-22(8-4-20)36-26(40)18-38-11-13-39(14-12-38)23-9-5-21(6-10-23)30(32,33)34/h3-10,15-16H,11-14,18H2,1-2H3,(H,36,40). The summed E-state index contributed by atoms with van der Waals surface area (Å²) in [7, 11) is 0. The summed E-state index contributed by atoms with van der Waals surface area (Å²) in [5.74, 6) is 0.0748. The molecule has 11 heteroatoms. The SMILES string of the molecule is CC(C)(F)c1cc(C#N)cc2nc(-c3ccc(NC(=O)CN4CCN(c5ccc(C(F)(F)F)cc5)CC4)cc3)oc12. The molecule has 3 aromatic carbocycles. The van der Waals surface area contributed by atoms with Gasteiger partial charge in [0.1, 0.15) is 11.2 Å². The highest BCUT2D eigenvalue weighted by molar-refractivity contribution is 5.92. The van der Waals surface area contributed by atoms with E-state index in [1.807, 2.05) is 15.9 Å². The molecule has 1 saturated heterocycles. The molecule has 0 saturated carbocycles. The Kier molecular flexibility index (Phi) is 7.44. The minimum absolute atomic E-state index is 0.177. The smallest absolute Gasteiger partial charge is 0.416 e. The Hall–Kier alpha value is -4.43. The molecule has 212 valence electrons. The number of halogens is 4. The van der Waals surface area contributed by atoms with Crippen molar-refractivity contribution >= 4 is 28.4 Å². The molecule has 7 nitrogen and oxygen atoms in total. The predicted molar refractivity (Wildman–Crippen MR) is 147 cm³/mol. The van der Waals surface area contributed by atoms with Crippen molar-refractivity contribution in [2.24, 2.45) is 0 Å². The Labute approximate surface area is 234 Å². The summed E-state index contributed by atoms with van der Waals surface area (Å²) in [5, 5.41) is 12.2. The van der Waals surface area contributed by atoms with Crippen LogP contribution >= 0.6 is 0 Å². The molecule has 1 aliphatic rings. The van der Waals surface area contributed by atoms with Gasteiger partial charge in [-0.3, -0.25) is 9.69 Å². The molecule has 0 atom stereocenters. The van der Waals surface area contributed by atoms with Crippen molar-refractivity contribution in [3.8, 4) is 17.5 Å². The molecule has 1 aliphatic heterocycles. The molecule has 0 radical (unpaired) electrons. The number of oxazole rings is 1. The number of nitriles is 1. The van der Waals surface area contributed by atoms with Crippen LogP contribution in [0.2, 0.25) is 0 Å². The predicted octanol–water partition coefficient (Wildman–Crippen LogP) is 6.35. The third-order valence-electron chi connectivity index (χ3n) is 6.97. The lowest BCUT2D eigenvalue weighted by Gasteiger charge is -2.35. The maximum Gasteiger partial charge on any atom is 0.416 e. The van der Waals surface area contributed by atoms with Gasteiger partial charge in [0.25, 0.3) is 0 Å². The summed E-state index contributed by atoms with van der Waals surface area (Å²) < 4.78 is 59.1. The van der Waals surface area contributed by atoms with E-state index in [9.17, 15) is 27.6 Å². The number of alkyl halides is 4. The van der Waals surface area contributed by atoms with E-state index in [0.717, 1.165) is 17.8 Å². The molecule has 1 fully saturated rings. The van der Waals surface area contributed by atoms with Gasteiger partial charge in [0.05, 0.1) is 23.7 Å². The quantitative estimate of drug-likeness (QED) is 0.274. The molecule has 0 spiro atoms. The van der Waals surface area contributed by atoms with Crippen LogP contribution in [0.25, 0.3) is 22.6 Å². The minimum Gasteiger partial charge on any atom is -0.436 e. The van der Waals surface area contributed by atoms with Crippen LogP contribution in [0.15, 0.2) is 65.1 Å². The van der Waals surface area contributed by atoms with E-state index in [4.69, 9.17) is 4.42 Å². The van der Waals surface area contributed by atoms with Gasteiger partial charge in [-0.2, -0.15) is 18.4 Å². The van der Waals surface area contributed by atoms with Crippen molar-refractivity contribution in [3.05, 3.63) is 77.4 Å². The van der Waals surface area contributed by atoms with Crippen molar-refractivity contribution in [1.29, 1.82) is 5.26 Å². The highest BCUT2D eigenvalue weighted by Gasteiger charge is 2.30. The molecular weight excluding hydrogens is 538 g/mol. The second-order valence-corrected chi connectivity index (χ2v) is 10.4. The summed E-state index contributed by atoms with van der Waals surface area (Å²) in [6.45, 7) is 5.33. The van der Waals surface area contributed by atoms with E-state index >= 15 is 0 Å². The van der Waals surface area contributed by atoms with Gasteiger partial charge in [0.15, 0.2) is 5.58 Å². The number of nitrogens with zero attached hydrogens (tertiary/aromatic N) is 4. The average Bonchev–Trinajstić information content (AvgIpc) is 3.36. The van der Waals surface area contributed by atoms with Crippen LogP contribution in [0.5, 0.6) is 0 Å². The number of amides is 1. The minimum atomic E-state index is -4.37. The summed E-state index contributed by atoms with van der Waals surface area (Å²) in [5.41, 5.74) is 0.712. The number of hydrogen-bond donors (Lipinski definition) is 1. The lowest BCUT2D eigenvalue weighted by Crippen LogP contribution is -2.48. The maximum absolute atomic E-state index is 14.8. The van der Waals surface area contributed by atoms with Gasteiger partial charge in [-0.05, 0) is 74.5 Å². The van der Waals surface area contributed by atoms with Crippen molar-refractivity contribution < 1.29 is 26.8 Å². The molecule has 4 aromatic rings. The molecule has 5 rings (SSSR count). The third-order valence-corrected chi connectivity index (χ3v) is 6.97. The topological polar surface area (TPSA) is 85.4 Å². The van der Waals surface area contributed by atoms with Gasteiger partial charge in [-0.25, -0.2) is 9.37 Å². The molecule has 1 aromatic heterocycles. The van der Waals surface area contributed by atoms with Crippen LogP contribution in [0.4, 0.5) is 28.9 Å². The zero-order valence-corrected chi connectivity index (χ0v) is 22.4. The third kappa shape index (κ3) is 6.33. The summed E-state index contributed by atoms with van der Waals surface area (Å²) >= 11 is 0. The molecule has 0 bridgehead atoms. The number of nitrogens with one attached hydrogen (secondary N) is 1. The molecule has 1 amide bonds. The van der Waals surface area contributed by atoms with E-state index in [-0.39, 0.29) is 35.1 Å². The number of aromatic nitrogens is 1. The first kappa shape index (κ1) is 28.1. The van der Waals surface area contributed by atoms with Gasteiger partial charge >= 0.3 is 6.18 Å². The summed E-state index contributed by atoms with van der Waals surface area (Å²) in [6.07, 6.45) is -4.37. The van der Waals surface area contributed by atoms with E-state index in [1.165, 1.54) is 32.0 Å². The molecular formula is C30H27F4N5O2. The Balaban J connectivity index is 1.18. The number of fused-ring (bicyclic) bond motifs is 1. The van der Waals surface area contributed by atoms with Crippen LogP contribution < -0.4 is 10.2 Å². The Morgan fingerprint density at radius 2 is 1.66 bits per heavy atom. The average molecular weight is 566 g/mol. The van der Waals surface area contributed by atoms with Crippen molar-refractivity contribution in [2.75, 3.05) is 42.9 Å². The van der Waals surface area contributed by atoms with E-state index in [1.54, 1.807) is 30.3 Å². The van der Waals surface area contributed by atoms with Crippen LogP contribution in [0, 0.1) is 11.3 Å². The van der Waals surface area contributed by atoms with Crippen molar-refractivity contribution in [1.82, 2.24) is 9.88 Å². The number of carbonyl (C=O) groups is 1. The number of rotatable bonds is 6. The van der Waals surface area contributed by atoms with Crippen LogP contribution in [0.1, 0.15) is 30.5 Å². The number of piperazine rings is 1. The number of benzene rings is 3. The van der Waals surface area contributed by atoms with Gasteiger partial charge in [-0.1, -0.05) is 0 Å². The lowest BCUT2D eigenvalue weighted by atomic mass is 9.97. The van der Waals surface area contributed by atoms with Crippen molar-refractivity contribution in [3.63, 3.8) is 0 Å². The fourth-order valence-electron chi connectivity index (χ4n) is 4.79. The zero-order valence-electron chi connectivity index (χ0n) is 22.4. The molecule has 41 heavy (non-hydrogen) atoms. The van der Waals surface area contributed by atoms with Gasteiger partial charge in [0.2, 0.25) is 11.8 Å². The monoisotopic (exact) mass is 565 g/mol. The number of carbonyl (C=O) groups excluding carboxylic acids is 1. The zero-order chi connectivity index (χ0) is 29.4. The Morgan fingerprint density at radius 3 is 2.24 bits per heavy atom. The molecule has 0 aliphatic carbocycles. The normalized spacial score (nSPS) is 14.7. The highest BCUT2D eigenvalue weighted by Crippen LogP contribution is 2.35. The summed E-state index contributed by atoms with van der Waals surface area (Å²) in [6, 6.07) is 17.0. The number of hydrogen-bond acceptors (Lipinski definition) is 6. The van der Waals surface area contributed by atoms with Crippen LogP contribution in [0.3, 0.4) is 0 Å². The highest BCUT2D eigenvalue weighted by atomic mass is 19.4. The summed E-state index contributed by atoms with van der Waals surface area (Å²) in [4.78, 5) is 21.1. The van der Waals surface area contributed by atoms with E-state index in [2.05, 4.69) is 10.3 Å². The largest absolute Gasteiger partial charge is 0.436 e. The van der Waals surface area contributed by atoms with Crippen LogP contribution in [-0.4, -0.2) is 48.5 Å². The van der Waals surface area contributed by atoms with Gasteiger partial charge < -0.3 is 14.6 Å². The Bertz CT molecular complexity index is 1590. The fourth-order valence-corrected chi connectivity index (χ4v) is 4.79. The van der Waals surface area contributed by atoms with Crippen LogP contribution in [-0.2, 0) is 16.6 Å². The second-order valence-electron chi connectivity index (χ2n) is 10.4. The second kappa shape index (κ2) is 10.9. The van der Waals surface area contributed by atoms with Gasteiger partial charge in [-0.15, -0.1) is 0 Å².